The second kappa shape index (κ2) is 14.2. The third-order valence-electron chi connectivity index (χ3n) is 6.91. The van der Waals surface area contributed by atoms with E-state index in [-0.39, 0.29) is 17.9 Å². The van der Waals surface area contributed by atoms with Gasteiger partial charge in [0.1, 0.15) is 12.1 Å². The summed E-state index contributed by atoms with van der Waals surface area (Å²) in [7, 11) is 0. The highest BCUT2D eigenvalue weighted by molar-refractivity contribution is 8.00. The van der Waals surface area contributed by atoms with Crippen molar-refractivity contribution >= 4 is 29.7 Å². The number of carbonyl (C=O) groups excluding carboxylic acids is 3. The monoisotopic (exact) mass is 498 g/mol. The van der Waals surface area contributed by atoms with Crippen LogP contribution in [0.25, 0.3) is 0 Å². The Bertz CT molecular complexity index is 667. The number of hydrogen-bond acceptors (Lipinski definition) is 6. The molecule has 1 saturated carbocycles. The molecule has 2 rings (SSSR count). The Morgan fingerprint density at radius 2 is 1.82 bits per heavy atom. The van der Waals surface area contributed by atoms with Crippen LogP contribution in [0.15, 0.2) is 0 Å². The Balaban J connectivity index is 2.05. The van der Waals surface area contributed by atoms with Gasteiger partial charge in [-0.15, -0.1) is 0 Å². The van der Waals surface area contributed by atoms with Crippen LogP contribution in [0.1, 0.15) is 85.5 Å². The van der Waals surface area contributed by atoms with Crippen molar-refractivity contribution in [2.24, 2.45) is 11.7 Å². The van der Waals surface area contributed by atoms with E-state index >= 15 is 0 Å². The molecule has 196 valence electrons. The van der Waals surface area contributed by atoms with Gasteiger partial charge in [-0.1, -0.05) is 20.3 Å². The molecule has 0 bridgehead atoms. The van der Waals surface area contributed by atoms with Crippen molar-refractivity contribution in [1.82, 2.24) is 15.5 Å². The minimum Gasteiger partial charge on any atom is -0.450 e. The first-order valence-corrected chi connectivity index (χ1v) is 14.1. The highest BCUT2D eigenvalue weighted by Gasteiger charge is 2.44. The lowest BCUT2D eigenvalue weighted by Gasteiger charge is -2.37. The lowest BCUT2D eigenvalue weighted by Crippen LogP contribution is -2.60. The second-order valence-electron chi connectivity index (χ2n) is 10.2. The molecule has 34 heavy (non-hydrogen) atoms. The maximum absolute atomic E-state index is 13.7. The zero-order valence-corrected chi connectivity index (χ0v) is 22.4. The van der Waals surface area contributed by atoms with E-state index in [2.05, 4.69) is 17.6 Å². The third kappa shape index (κ3) is 8.63. The van der Waals surface area contributed by atoms with Gasteiger partial charge >= 0.3 is 6.09 Å². The summed E-state index contributed by atoms with van der Waals surface area (Å²) in [6.07, 6.45) is 7.58. The molecule has 1 saturated heterocycles. The summed E-state index contributed by atoms with van der Waals surface area (Å²) in [4.78, 5) is 40.9. The molecular formula is C25H46N4O4S. The summed E-state index contributed by atoms with van der Waals surface area (Å²) in [6.45, 7) is 9.54. The van der Waals surface area contributed by atoms with E-state index in [0.29, 0.717) is 32.0 Å². The Hall–Kier alpha value is -1.48. The number of amides is 3. The van der Waals surface area contributed by atoms with Crippen LogP contribution in [-0.2, 0) is 14.3 Å². The molecule has 3 amide bonds. The first-order chi connectivity index (χ1) is 16.2. The predicted octanol–water partition coefficient (Wildman–Crippen LogP) is 3.43. The van der Waals surface area contributed by atoms with E-state index in [1.807, 2.05) is 20.8 Å². The molecule has 9 heteroatoms. The largest absolute Gasteiger partial charge is 0.450 e. The van der Waals surface area contributed by atoms with Crippen molar-refractivity contribution in [3.63, 3.8) is 0 Å². The molecule has 2 fully saturated rings. The predicted molar refractivity (Wildman–Crippen MR) is 138 cm³/mol. The summed E-state index contributed by atoms with van der Waals surface area (Å²) < 4.78 is 4.75. The summed E-state index contributed by atoms with van der Waals surface area (Å²) in [5.41, 5.74) is 5.99. The number of hydrogen-bond donors (Lipinski definition) is 3. The van der Waals surface area contributed by atoms with Gasteiger partial charge in [0, 0.05) is 23.9 Å². The summed E-state index contributed by atoms with van der Waals surface area (Å²) in [5.74, 6) is 1.02. The molecule has 0 aromatic carbocycles. The van der Waals surface area contributed by atoms with Gasteiger partial charge in [0.2, 0.25) is 11.8 Å². The molecule has 0 aromatic heterocycles. The Morgan fingerprint density at radius 3 is 2.47 bits per heavy atom. The van der Waals surface area contributed by atoms with Gasteiger partial charge in [0.25, 0.3) is 0 Å². The van der Waals surface area contributed by atoms with Crippen LogP contribution >= 0.6 is 11.8 Å². The molecule has 1 heterocycles. The van der Waals surface area contributed by atoms with Crippen molar-refractivity contribution in [2.45, 2.75) is 108 Å². The van der Waals surface area contributed by atoms with Gasteiger partial charge in [-0.05, 0) is 76.9 Å². The highest BCUT2D eigenvalue weighted by atomic mass is 32.2. The number of nitrogens with zero attached hydrogens (tertiary/aromatic N) is 1. The first-order valence-electron chi connectivity index (χ1n) is 13.1. The van der Waals surface area contributed by atoms with E-state index in [0.717, 1.165) is 57.1 Å². The molecule has 0 aromatic rings. The number of unbranched alkanes of at least 4 members (excludes halogenated alkanes) is 1. The number of ether oxygens (including phenoxy) is 1. The van der Waals surface area contributed by atoms with E-state index < -0.39 is 22.9 Å². The Labute approximate surface area is 209 Å². The van der Waals surface area contributed by atoms with Crippen molar-refractivity contribution in [2.75, 3.05) is 25.4 Å². The molecule has 0 spiro atoms. The zero-order valence-electron chi connectivity index (χ0n) is 21.6. The van der Waals surface area contributed by atoms with Gasteiger partial charge in [0.15, 0.2) is 0 Å². The molecule has 1 aliphatic carbocycles. The average molecular weight is 499 g/mol. The van der Waals surface area contributed by atoms with Crippen molar-refractivity contribution in [1.29, 1.82) is 0 Å². The van der Waals surface area contributed by atoms with Crippen LogP contribution in [-0.4, -0.2) is 71.1 Å². The van der Waals surface area contributed by atoms with Crippen molar-refractivity contribution < 1.29 is 19.1 Å². The van der Waals surface area contributed by atoms with Gasteiger partial charge in [-0.2, -0.15) is 11.8 Å². The smallest absolute Gasteiger partial charge is 0.407 e. The van der Waals surface area contributed by atoms with Crippen LogP contribution in [0.3, 0.4) is 0 Å². The number of carbonyl (C=O) groups is 3. The normalized spacial score (nSPS) is 23.9. The minimum atomic E-state index is -0.772. The summed E-state index contributed by atoms with van der Waals surface area (Å²) in [5, 5.41) is 5.92. The quantitative estimate of drug-likeness (QED) is 0.355. The van der Waals surface area contributed by atoms with E-state index in [1.54, 1.807) is 16.7 Å². The van der Waals surface area contributed by atoms with Gasteiger partial charge in [-0.25, -0.2) is 4.79 Å². The van der Waals surface area contributed by atoms with Crippen molar-refractivity contribution in [3.05, 3.63) is 0 Å². The third-order valence-corrected chi connectivity index (χ3v) is 8.50. The van der Waals surface area contributed by atoms with Crippen LogP contribution in [0.5, 0.6) is 0 Å². The van der Waals surface area contributed by atoms with Crippen molar-refractivity contribution in [3.8, 4) is 0 Å². The minimum absolute atomic E-state index is 0.0935. The molecule has 1 aliphatic heterocycles. The molecule has 4 N–H and O–H groups in total. The SMILES string of the molecule is CCCCOC(=O)N[C@@H](C(=O)N1CCC[C@H]1C(=O)NCC1CCC(N)CC1)C(C)(C)SCCC. The van der Waals surface area contributed by atoms with E-state index in [9.17, 15) is 14.4 Å². The van der Waals surface area contributed by atoms with Crippen LogP contribution in [0.4, 0.5) is 4.79 Å². The molecule has 0 radical (unpaired) electrons. The lowest BCUT2D eigenvalue weighted by molar-refractivity contribution is -0.140. The number of thioether (sulfide) groups is 1. The van der Waals surface area contributed by atoms with Gasteiger partial charge < -0.3 is 26.0 Å². The number of rotatable bonds is 12. The maximum Gasteiger partial charge on any atom is 0.407 e. The van der Waals surface area contributed by atoms with Crippen LogP contribution in [0.2, 0.25) is 0 Å². The standard InChI is InChI=1S/C25H46N4O4S/c1-5-7-15-33-24(32)28-21(25(3,4)34-16-6-2)23(31)29-14-8-9-20(29)22(30)27-17-18-10-12-19(26)13-11-18/h18-21H,5-17,26H2,1-4H3,(H,27,30)(H,28,32)/t18?,19?,20-,21-/m0/s1. The topological polar surface area (TPSA) is 114 Å². The van der Waals surface area contributed by atoms with Gasteiger partial charge in [-0.3, -0.25) is 9.59 Å². The molecule has 2 aliphatic rings. The number of nitrogens with one attached hydrogen (secondary N) is 2. The lowest BCUT2D eigenvalue weighted by atomic mass is 9.86. The first kappa shape index (κ1) is 28.8. The van der Waals surface area contributed by atoms with Crippen LogP contribution in [0, 0.1) is 5.92 Å². The Kier molecular flexibility index (Phi) is 12.0. The number of alkyl carbamates (subject to hydrolysis) is 1. The second-order valence-corrected chi connectivity index (χ2v) is 12.0. The summed E-state index contributed by atoms with van der Waals surface area (Å²) >= 11 is 1.65. The summed E-state index contributed by atoms with van der Waals surface area (Å²) in [6, 6.07) is -0.987. The fraction of sp³-hybridized carbons (Fsp3) is 0.880. The zero-order chi connectivity index (χ0) is 25.1. The van der Waals surface area contributed by atoms with Crippen LogP contribution < -0.4 is 16.4 Å². The number of nitrogens with two attached hydrogens (primary N) is 1. The molecule has 8 nitrogen and oxygen atoms in total. The van der Waals surface area contributed by atoms with Gasteiger partial charge in [0.05, 0.1) is 6.61 Å². The average Bonchev–Trinajstić information content (AvgIpc) is 3.30. The molecule has 2 atom stereocenters. The maximum atomic E-state index is 13.7. The Morgan fingerprint density at radius 1 is 1.12 bits per heavy atom. The van der Waals surface area contributed by atoms with E-state index in [1.165, 1.54) is 0 Å². The van der Waals surface area contributed by atoms with E-state index in [4.69, 9.17) is 10.5 Å². The highest BCUT2D eigenvalue weighted by Crippen LogP contribution is 2.32. The molecular weight excluding hydrogens is 452 g/mol. The molecule has 0 unspecified atom stereocenters. The fourth-order valence-electron chi connectivity index (χ4n) is 4.67. The number of likely N-dealkylation sites (tertiary alicyclic amines) is 1. The fourth-order valence-corrected chi connectivity index (χ4v) is 5.73.